The maximum atomic E-state index is 12.7. The average Bonchev–Trinajstić information content (AvgIpc) is 2.98. The van der Waals surface area contributed by atoms with Crippen LogP contribution in [0.3, 0.4) is 0 Å². The number of para-hydroxylation sites is 2. The number of aryl methyl sites for hydroxylation is 1. The lowest BCUT2D eigenvalue weighted by Crippen LogP contribution is -2.36. The number of hydrogen-bond acceptors (Lipinski definition) is 7. The minimum atomic E-state index is 0.152. The standard InChI is InChI=1S/C20H23N5O2S/c1-15-11-16(23-27-15)13-24-7-4-8-25(10-9-24)20(26)14-28-19-12-21-17-5-2-3-6-18(17)22-19/h2-3,5-6,11-12H,4,7-10,13-14H2,1H3. The van der Waals surface area contributed by atoms with Crippen molar-refractivity contribution in [3.8, 4) is 0 Å². The lowest BCUT2D eigenvalue weighted by Gasteiger charge is -2.21. The number of aromatic nitrogens is 3. The first kappa shape index (κ1) is 18.9. The number of benzene rings is 1. The Kier molecular flexibility index (Phi) is 5.87. The molecule has 0 radical (unpaired) electrons. The van der Waals surface area contributed by atoms with Gasteiger partial charge in [0.05, 0.1) is 28.7 Å². The smallest absolute Gasteiger partial charge is 0.233 e. The lowest BCUT2D eigenvalue weighted by molar-refractivity contribution is -0.128. The van der Waals surface area contributed by atoms with Crippen molar-refractivity contribution in [1.29, 1.82) is 0 Å². The fourth-order valence-electron chi connectivity index (χ4n) is 3.34. The van der Waals surface area contributed by atoms with Crippen molar-refractivity contribution >= 4 is 28.7 Å². The Morgan fingerprint density at radius 3 is 2.86 bits per heavy atom. The Morgan fingerprint density at radius 1 is 1.18 bits per heavy atom. The van der Waals surface area contributed by atoms with Crippen molar-refractivity contribution in [2.24, 2.45) is 0 Å². The minimum Gasteiger partial charge on any atom is -0.361 e. The van der Waals surface area contributed by atoms with Crippen LogP contribution in [0.1, 0.15) is 17.9 Å². The number of carbonyl (C=O) groups excluding carboxylic acids is 1. The highest BCUT2D eigenvalue weighted by Gasteiger charge is 2.20. The average molecular weight is 398 g/mol. The number of hydrogen-bond donors (Lipinski definition) is 0. The molecular weight excluding hydrogens is 374 g/mol. The van der Waals surface area contributed by atoms with Crippen LogP contribution in [0.25, 0.3) is 11.0 Å². The molecule has 1 amide bonds. The van der Waals surface area contributed by atoms with Gasteiger partial charge in [-0.05, 0) is 25.5 Å². The van der Waals surface area contributed by atoms with Gasteiger partial charge in [-0.2, -0.15) is 0 Å². The molecule has 3 aromatic rings. The number of rotatable bonds is 5. The van der Waals surface area contributed by atoms with Gasteiger partial charge in [-0.25, -0.2) is 4.98 Å². The van der Waals surface area contributed by atoms with Gasteiger partial charge in [0, 0.05) is 38.8 Å². The van der Waals surface area contributed by atoms with Crippen LogP contribution in [-0.2, 0) is 11.3 Å². The van der Waals surface area contributed by atoms with Gasteiger partial charge in [0.25, 0.3) is 0 Å². The Balaban J connectivity index is 1.29. The molecule has 0 aliphatic carbocycles. The molecule has 2 aromatic heterocycles. The molecule has 0 spiro atoms. The van der Waals surface area contributed by atoms with Crippen molar-refractivity contribution in [2.45, 2.75) is 24.9 Å². The number of amides is 1. The van der Waals surface area contributed by atoms with Crippen LogP contribution < -0.4 is 0 Å². The van der Waals surface area contributed by atoms with E-state index in [-0.39, 0.29) is 5.91 Å². The molecule has 1 aliphatic heterocycles. The first-order valence-corrected chi connectivity index (χ1v) is 10.4. The van der Waals surface area contributed by atoms with E-state index in [1.165, 1.54) is 11.8 Å². The van der Waals surface area contributed by atoms with Crippen LogP contribution in [0, 0.1) is 6.92 Å². The van der Waals surface area contributed by atoms with Crippen molar-refractivity contribution in [1.82, 2.24) is 24.9 Å². The van der Waals surface area contributed by atoms with E-state index < -0.39 is 0 Å². The Hall–Kier alpha value is -2.45. The maximum Gasteiger partial charge on any atom is 0.233 e. The summed E-state index contributed by atoms with van der Waals surface area (Å²) < 4.78 is 5.14. The summed E-state index contributed by atoms with van der Waals surface area (Å²) in [6, 6.07) is 9.73. The molecule has 0 unspecified atom stereocenters. The molecule has 0 saturated carbocycles. The fraction of sp³-hybridized carbons (Fsp3) is 0.400. The van der Waals surface area contributed by atoms with Gasteiger partial charge < -0.3 is 9.42 Å². The van der Waals surface area contributed by atoms with Crippen molar-refractivity contribution in [2.75, 3.05) is 31.9 Å². The van der Waals surface area contributed by atoms with E-state index in [4.69, 9.17) is 4.52 Å². The van der Waals surface area contributed by atoms with Crippen molar-refractivity contribution < 1.29 is 9.32 Å². The van der Waals surface area contributed by atoms with E-state index in [1.807, 2.05) is 42.2 Å². The van der Waals surface area contributed by atoms with E-state index in [0.29, 0.717) is 5.75 Å². The molecule has 7 nitrogen and oxygen atoms in total. The van der Waals surface area contributed by atoms with Crippen LogP contribution in [0.5, 0.6) is 0 Å². The summed E-state index contributed by atoms with van der Waals surface area (Å²) in [5.74, 6) is 1.37. The SMILES string of the molecule is Cc1cc(CN2CCCN(C(=O)CSc3cnc4ccccc4n3)CC2)no1. The third-order valence-electron chi connectivity index (χ3n) is 4.77. The first-order chi connectivity index (χ1) is 13.7. The van der Waals surface area contributed by atoms with Crippen LogP contribution >= 0.6 is 11.8 Å². The predicted octanol–water partition coefficient (Wildman–Crippen LogP) is 2.75. The Morgan fingerprint density at radius 2 is 2.04 bits per heavy atom. The maximum absolute atomic E-state index is 12.7. The van der Waals surface area contributed by atoms with E-state index >= 15 is 0 Å². The summed E-state index contributed by atoms with van der Waals surface area (Å²) in [4.78, 5) is 25.9. The number of thioether (sulfide) groups is 1. The van der Waals surface area contributed by atoms with Crippen LogP contribution in [0.4, 0.5) is 0 Å². The highest BCUT2D eigenvalue weighted by molar-refractivity contribution is 7.99. The summed E-state index contributed by atoms with van der Waals surface area (Å²) in [6.07, 6.45) is 2.70. The molecule has 0 bridgehead atoms. The highest BCUT2D eigenvalue weighted by atomic mass is 32.2. The summed E-state index contributed by atoms with van der Waals surface area (Å²) in [7, 11) is 0. The van der Waals surface area contributed by atoms with E-state index in [0.717, 1.165) is 66.7 Å². The van der Waals surface area contributed by atoms with Crippen LogP contribution in [0.2, 0.25) is 0 Å². The molecule has 1 aliphatic rings. The molecule has 4 rings (SSSR count). The van der Waals surface area contributed by atoms with Gasteiger partial charge >= 0.3 is 0 Å². The molecule has 0 atom stereocenters. The van der Waals surface area contributed by atoms with E-state index in [9.17, 15) is 4.79 Å². The molecular formula is C20H23N5O2S. The van der Waals surface area contributed by atoms with Gasteiger partial charge in [-0.1, -0.05) is 29.1 Å². The third kappa shape index (κ3) is 4.69. The number of nitrogens with zero attached hydrogens (tertiary/aromatic N) is 5. The molecule has 28 heavy (non-hydrogen) atoms. The molecule has 3 heterocycles. The molecule has 1 fully saturated rings. The second kappa shape index (κ2) is 8.70. The molecule has 8 heteroatoms. The fourth-order valence-corrected chi connectivity index (χ4v) is 4.08. The summed E-state index contributed by atoms with van der Waals surface area (Å²) >= 11 is 1.45. The predicted molar refractivity (Wildman–Crippen MR) is 108 cm³/mol. The normalized spacial score (nSPS) is 15.7. The highest BCUT2D eigenvalue weighted by Crippen LogP contribution is 2.19. The summed E-state index contributed by atoms with van der Waals surface area (Å²) in [5, 5.41) is 4.85. The topological polar surface area (TPSA) is 75.4 Å². The summed E-state index contributed by atoms with van der Waals surface area (Å²) in [6.45, 7) is 5.99. The van der Waals surface area contributed by atoms with Crippen molar-refractivity contribution in [3.05, 3.63) is 48.0 Å². The van der Waals surface area contributed by atoms with Gasteiger partial charge in [-0.15, -0.1) is 0 Å². The van der Waals surface area contributed by atoms with Gasteiger partial charge in [0.1, 0.15) is 10.8 Å². The Bertz CT molecular complexity index is 960. The molecule has 146 valence electrons. The van der Waals surface area contributed by atoms with E-state index in [1.54, 1.807) is 6.20 Å². The van der Waals surface area contributed by atoms with Crippen molar-refractivity contribution in [3.63, 3.8) is 0 Å². The number of fused-ring (bicyclic) bond motifs is 1. The van der Waals surface area contributed by atoms with Crippen LogP contribution in [-0.4, -0.2) is 62.8 Å². The molecule has 0 N–H and O–H groups in total. The Labute approximate surface area is 168 Å². The second-order valence-electron chi connectivity index (χ2n) is 6.93. The van der Waals surface area contributed by atoms with Gasteiger partial charge in [0.15, 0.2) is 0 Å². The second-order valence-corrected chi connectivity index (χ2v) is 7.92. The van der Waals surface area contributed by atoms with E-state index in [2.05, 4.69) is 20.0 Å². The monoisotopic (exact) mass is 397 g/mol. The van der Waals surface area contributed by atoms with Crippen LogP contribution in [0.15, 0.2) is 46.1 Å². The quantitative estimate of drug-likeness (QED) is 0.613. The number of carbonyl (C=O) groups is 1. The van der Waals surface area contributed by atoms with Gasteiger partial charge in [-0.3, -0.25) is 14.7 Å². The summed E-state index contributed by atoms with van der Waals surface area (Å²) in [5.41, 5.74) is 2.67. The first-order valence-electron chi connectivity index (χ1n) is 9.44. The molecule has 1 saturated heterocycles. The zero-order valence-corrected chi connectivity index (χ0v) is 16.7. The third-order valence-corrected chi connectivity index (χ3v) is 5.66. The minimum absolute atomic E-state index is 0.152. The zero-order valence-electron chi connectivity index (χ0n) is 15.9. The lowest BCUT2D eigenvalue weighted by atomic mass is 10.3. The molecule has 1 aromatic carbocycles. The largest absolute Gasteiger partial charge is 0.361 e. The zero-order chi connectivity index (χ0) is 19.3. The van der Waals surface area contributed by atoms with Gasteiger partial charge in [0.2, 0.25) is 5.91 Å².